The van der Waals surface area contributed by atoms with Crippen molar-refractivity contribution in [3.05, 3.63) is 42.4 Å². The number of rotatable bonds is 5. The second-order valence-electron chi connectivity index (χ2n) is 5.62. The molecule has 2 N–H and O–H groups in total. The average molecular weight is 313 g/mol. The van der Waals surface area contributed by atoms with Gasteiger partial charge in [0.25, 0.3) is 0 Å². The maximum atomic E-state index is 10.8. The van der Waals surface area contributed by atoms with Crippen molar-refractivity contribution in [2.24, 2.45) is 5.92 Å². The van der Waals surface area contributed by atoms with Crippen LogP contribution >= 0.6 is 0 Å². The molecule has 0 atom stereocenters. The quantitative estimate of drug-likeness (QED) is 0.880. The van der Waals surface area contributed by atoms with Crippen LogP contribution in [0.2, 0.25) is 0 Å². The number of carboxylic acids is 1. The molecule has 0 bridgehead atoms. The molecule has 1 aliphatic rings. The van der Waals surface area contributed by atoms with E-state index in [0.29, 0.717) is 11.6 Å². The smallest absolute Gasteiger partial charge is 0.356 e. The van der Waals surface area contributed by atoms with Crippen LogP contribution in [0.3, 0.4) is 0 Å². The number of aromatic nitrogens is 2. The Morgan fingerprint density at radius 1 is 1.17 bits per heavy atom. The van der Waals surface area contributed by atoms with E-state index in [1.165, 1.54) is 12.4 Å². The second-order valence-corrected chi connectivity index (χ2v) is 5.62. The van der Waals surface area contributed by atoms with E-state index in [1.807, 2.05) is 24.3 Å². The zero-order valence-electron chi connectivity index (χ0n) is 12.7. The third-order valence-corrected chi connectivity index (χ3v) is 3.97. The molecule has 23 heavy (non-hydrogen) atoms. The van der Waals surface area contributed by atoms with Gasteiger partial charge in [0.15, 0.2) is 5.69 Å². The first kappa shape index (κ1) is 15.4. The molecule has 0 amide bonds. The molecular formula is C17H19N3O3. The zero-order valence-corrected chi connectivity index (χ0v) is 12.7. The summed E-state index contributed by atoms with van der Waals surface area (Å²) in [6, 6.07) is 7.62. The normalized spacial score (nSPS) is 15.3. The highest BCUT2D eigenvalue weighted by atomic mass is 16.5. The number of carboxylic acid groups (broad SMARTS) is 1. The SMILES string of the molecule is O=C(O)c1cnc(-c2ccc(OCC3CCNCC3)cc2)cn1. The van der Waals surface area contributed by atoms with Crippen molar-refractivity contribution in [1.82, 2.24) is 15.3 Å². The monoisotopic (exact) mass is 313 g/mol. The molecule has 6 heteroatoms. The molecule has 1 aliphatic heterocycles. The molecule has 1 aromatic carbocycles. The largest absolute Gasteiger partial charge is 0.493 e. The summed E-state index contributed by atoms with van der Waals surface area (Å²) in [5.74, 6) is 0.374. The van der Waals surface area contributed by atoms with Crippen molar-refractivity contribution in [1.29, 1.82) is 0 Å². The molecule has 2 heterocycles. The third-order valence-electron chi connectivity index (χ3n) is 3.97. The summed E-state index contributed by atoms with van der Waals surface area (Å²) in [4.78, 5) is 18.8. The molecule has 0 aliphatic carbocycles. The van der Waals surface area contributed by atoms with E-state index < -0.39 is 5.97 Å². The first-order chi connectivity index (χ1) is 11.2. The zero-order chi connectivity index (χ0) is 16.1. The molecule has 0 radical (unpaired) electrons. The summed E-state index contributed by atoms with van der Waals surface area (Å²) in [5.41, 5.74) is 1.46. The Labute approximate surface area is 134 Å². The Morgan fingerprint density at radius 3 is 2.52 bits per heavy atom. The summed E-state index contributed by atoms with van der Waals surface area (Å²) < 4.78 is 5.85. The lowest BCUT2D eigenvalue weighted by atomic mass is 9.99. The minimum Gasteiger partial charge on any atom is -0.493 e. The van der Waals surface area contributed by atoms with E-state index in [1.54, 1.807) is 0 Å². The van der Waals surface area contributed by atoms with Gasteiger partial charge in [-0.05, 0) is 56.1 Å². The van der Waals surface area contributed by atoms with Gasteiger partial charge in [-0.25, -0.2) is 9.78 Å². The number of nitrogens with one attached hydrogen (secondary N) is 1. The Hall–Kier alpha value is -2.47. The van der Waals surface area contributed by atoms with Gasteiger partial charge in [0, 0.05) is 5.56 Å². The summed E-state index contributed by atoms with van der Waals surface area (Å²) in [6.07, 6.45) is 5.04. The van der Waals surface area contributed by atoms with Gasteiger partial charge < -0.3 is 15.2 Å². The Morgan fingerprint density at radius 2 is 1.91 bits per heavy atom. The highest BCUT2D eigenvalue weighted by Gasteiger charge is 2.13. The van der Waals surface area contributed by atoms with Gasteiger partial charge in [-0.15, -0.1) is 0 Å². The van der Waals surface area contributed by atoms with Gasteiger partial charge in [-0.1, -0.05) is 0 Å². The van der Waals surface area contributed by atoms with E-state index in [0.717, 1.165) is 43.9 Å². The summed E-state index contributed by atoms with van der Waals surface area (Å²) in [7, 11) is 0. The molecule has 120 valence electrons. The molecule has 0 unspecified atom stereocenters. The molecule has 2 aromatic rings. The van der Waals surface area contributed by atoms with Crippen LogP contribution in [0.5, 0.6) is 5.75 Å². The van der Waals surface area contributed by atoms with Gasteiger partial charge in [-0.3, -0.25) is 4.98 Å². The number of hydrogen-bond acceptors (Lipinski definition) is 5. The third kappa shape index (κ3) is 4.04. The van der Waals surface area contributed by atoms with E-state index in [2.05, 4.69) is 15.3 Å². The second kappa shape index (κ2) is 7.19. The molecule has 1 aromatic heterocycles. The van der Waals surface area contributed by atoms with Crippen molar-refractivity contribution < 1.29 is 14.6 Å². The van der Waals surface area contributed by atoms with Gasteiger partial charge in [0.1, 0.15) is 5.75 Å². The van der Waals surface area contributed by atoms with Gasteiger partial charge in [0.2, 0.25) is 0 Å². The van der Waals surface area contributed by atoms with Crippen LogP contribution < -0.4 is 10.1 Å². The molecule has 6 nitrogen and oxygen atoms in total. The van der Waals surface area contributed by atoms with Crippen LogP contribution in [-0.4, -0.2) is 40.7 Å². The maximum Gasteiger partial charge on any atom is 0.356 e. The fraction of sp³-hybridized carbons (Fsp3) is 0.353. The number of aromatic carboxylic acids is 1. The summed E-state index contributed by atoms with van der Waals surface area (Å²) in [6.45, 7) is 2.88. The van der Waals surface area contributed by atoms with Crippen molar-refractivity contribution in [3.8, 4) is 17.0 Å². The Kier molecular flexibility index (Phi) is 4.83. The van der Waals surface area contributed by atoms with E-state index in [9.17, 15) is 4.79 Å². The standard InChI is InChI=1S/C17H19N3O3/c21-17(22)16-10-19-15(9-20-16)13-1-3-14(4-2-13)23-11-12-5-7-18-8-6-12/h1-4,9-10,12,18H,5-8,11H2,(H,21,22). The fourth-order valence-corrected chi connectivity index (χ4v) is 2.57. The average Bonchev–Trinajstić information content (AvgIpc) is 2.61. The first-order valence-electron chi connectivity index (χ1n) is 7.71. The number of ether oxygens (including phenoxy) is 1. The molecular weight excluding hydrogens is 294 g/mol. The predicted molar refractivity (Wildman–Crippen MR) is 85.5 cm³/mol. The number of benzene rings is 1. The molecule has 0 spiro atoms. The number of hydrogen-bond donors (Lipinski definition) is 2. The molecule has 3 rings (SSSR count). The minimum atomic E-state index is -1.08. The fourth-order valence-electron chi connectivity index (χ4n) is 2.57. The Bertz CT molecular complexity index is 650. The van der Waals surface area contributed by atoms with Crippen molar-refractivity contribution in [3.63, 3.8) is 0 Å². The van der Waals surface area contributed by atoms with Crippen molar-refractivity contribution >= 4 is 5.97 Å². The van der Waals surface area contributed by atoms with Crippen LogP contribution in [0.25, 0.3) is 11.3 Å². The highest BCUT2D eigenvalue weighted by Crippen LogP contribution is 2.21. The lowest BCUT2D eigenvalue weighted by Crippen LogP contribution is -2.30. The Balaban J connectivity index is 1.61. The highest BCUT2D eigenvalue weighted by molar-refractivity contribution is 5.85. The number of nitrogens with zero attached hydrogens (tertiary/aromatic N) is 2. The van der Waals surface area contributed by atoms with Crippen LogP contribution in [0.1, 0.15) is 23.3 Å². The van der Waals surface area contributed by atoms with E-state index in [4.69, 9.17) is 9.84 Å². The summed E-state index contributed by atoms with van der Waals surface area (Å²) in [5, 5.41) is 12.2. The predicted octanol–water partition coefficient (Wildman–Crippen LogP) is 2.22. The van der Waals surface area contributed by atoms with Gasteiger partial charge >= 0.3 is 5.97 Å². The lowest BCUT2D eigenvalue weighted by Gasteiger charge is -2.22. The molecule has 1 saturated heterocycles. The number of carbonyl (C=O) groups is 1. The van der Waals surface area contributed by atoms with Crippen molar-refractivity contribution in [2.75, 3.05) is 19.7 Å². The van der Waals surface area contributed by atoms with Crippen LogP contribution in [0.15, 0.2) is 36.7 Å². The van der Waals surface area contributed by atoms with Crippen LogP contribution in [0.4, 0.5) is 0 Å². The van der Waals surface area contributed by atoms with Crippen LogP contribution in [-0.2, 0) is 0 Å². The minimum absolute atomic E-state index is 0.0596. The molecule has 1 fully saturated rings. The lowest BCUT2D eigenvalue weighted by molar-refractivity contribution is 0.0690. The van der Waals surface area contributed by atoms with Crippen LogP contribution in [0, 0.1) is 5.92 Å². The maximum absolute atomic E-state index is 10.8. The van der Waals surface area contributed by atoms with Gasteiger partial charge in [0.05, 0.1) is 24.7 Å². The van der Waals surface area contributed by atoms with E-state index >= 15 is 0 Å². The number of piperidine rings is 1. The summed E-state index contributed by atoms with van der Waals surface area (Å²) >= 11 is 0. The first-order valence-corrected chi connectivity index (χ1v) is 7.71. The topological polar surface area (TPSA) is 84.3 Å². The van der Waals surface area contributed by atoms with Crippen molar-refractivity contribution in [2.45, 2.75) is 12.8 Å². The van der Waals surface area contributed by atoms with E-state index in [-0.39, 0.29) is 5.69 Å². The van der Waals surface area contributed by atoms with Gasteiger partial charge in [-0.2, -0.15) is 0 Å². The molecule has 0 saturated carbocycles.